The van der Waals surface area contributed by atoms with Crippen LogP contribution in [0.5, 0.6) is 0 Å². The second-order valence-electron chi connectivity index (χ2n) is 3.63. The lowest BCUT2D eigenvalue weighted by atomic mass is 10.1. The van der Waals surface area contributed by atoms with Crippen LogP contribution in [0.25, 0.3) is 0 Å². The first kappa shape index (κ1) is 9.48. The lowest BCUT2D eigenvalue weighted by molar-refractivity contribution is 0.173. The Balaban J connectivity index is 2.27. The third-order valence-corrected chi connectivity index (χ3v) is 3.46. The van der Waals surface area contributed by atoms with Gasteiger partial charge < -0.3 is 4.90 Å². The molecule has 0 N–H and O–H groups in total. The summed E-state index contributed by atoms with van der Waals surface area (Å²) in [5, 5.41) is 0. The Morgan fingerprint density at radius 3 is 2.45 bits per heavy atom. The molecule has 1 rings (SSSR count). The predicted octanol–water partition coefficient (Wildman–Crippen LogP) is 2.12. The molecule has 1 aliphatic rings. The summed E-state index contributed by atoms with van der Waals surface area (Å²) in [5.41, 5.74) is 0.885. The van der Waals surface area contributed by atoms with Crippen molar-refractivity contribution in [3.63, 3.8) is 0 Å². The standard InChI is InChI=1S/C9H20NP/c1-3-8(2)10-6-4-9(11)5-7-10/h8-9H,3-7,11H2,1-2H3. The first-order valence-electron chi connectivity index (χ1n) is 4.73. The van der Waals surface area contributed by atoms with Crippen molar-refractivity contribution in [1.29, 1.82) is 0 Å². The van der Waals surface area contributed by atoms with Gasteiger partial charge in [0.1, 0.15) is 0 Å². The fraction of sp³-hybridized carbons (Fsp3) is 1.00. The summed E-state index contributed by atoms with van der Waals surface area (Å²) < 4.78 is 0. The molecule has 1 aliphatic heterocycles. The zero-order valence-corrected chi connectivity index (χ0v) is 8.87. The van der Waals surface area contributed by atoms with Crippen LogP contribution in [-0.4, -0.2) is 29.7 Å². The van der Waals surface area contributed by atoms with Crippen LogP contribution in [0, 0.1) is 0 Å². The molecule has 0 aromatic heterocycles. The normalized spacial score (nSPS) is 25.4. The lowest BCUT2D eigenvalue weighted by Crippen LogP contribution is -2.39. The summed E-state index contributed by atoms with van der Waals surface area (Å²) in [5.74, 6) is 0. The van der Waals surface area contributed by atoms with Crippen molar-refractivity contribution in [3.8, 4) is 0 Å². The van der Waals surface area contributed by atoms with Gasteiger partial charge in [-0.25, -0.2) is 0 Å². The first-order valence-corrected chi connectivity index (χ1v) is 5.40. The Bertz CT molecular complexity index is 108. The van der Waals surface area contributed by atoms with Gasteiger partial charge in [0.15, 0.2) is 0 Å². The topological polar surface area (TPSA) is 3.24 Å². The van der Waals surface area contributed by atoms with Gasteiger partial charge in [0.05, 0.1) is 0 Å². The van der Waals surface area contributed by atoms with Gasteiger partial charge in [0.25, 0.3) is 0 Å². The Labute approximate surface area is 72.7 Å². The van der Waals surface area contributed by atoms with Gasteiger partial charge in [-0.2, -0.15) is 0 Å². The molecule has 1 fully saturated rings. The van der Waals surface area contributed by atoms with E-state index in [1.807, 2.05) is 0 Å². The average Bonchev–Trinajstić information content (AvgIpc) is 2.05. The molecule has 0 spiro atoms. The van der Waals surface area contributed by atoms with Crippen LogP contribution in [-0.2, 0) is 0 Å². The monoisotopic (exact) mass is 173 g/mol. The molecule has 0 aromatic rings. The number of likely N-dealkylation sites (tertiary alicyclic amines) is 1. The number of hydrogen-bond acceptors (Lipinski definition) is 1. The second kappa shape index (κ2) is 4.42. The van der Waals surface area contributed by atoms with Crippen LogP contribution in [0.15, 0.2) is 0 Å². The van der Waals surface area contributed by atoms with Gasteiger partial charge in [0, 0.05) is 6.04 Å². The zero-order chi connectivity index (χ0) is 8.27. The van der Waals surface area contributed by atoms with Crippen molar-refractivity contribution < 1.29 is 0 Å². The van der Waals surface area contributed by atoms with E-state index in [0.717, 1.165) is 11.7 Å². The minimum Gasteiger partial charge on any atom is -0.301 e. The highest BCUT2D eigenvalue weighted by Gasteiger charge is 2.18. The minimum absolute atomic E-state index is 0.799. The Hall–Kier alpha value is 0.390. The summed E-state index contributed by atoms with van der Waals surface area (Å²) in [4.78, 5) is 2.61. The molecule has 0 aromatic carbocycles. The van der Waals surface area contributed by atoms with Gasteiger partial charge in [0.2, 0.25) is 0 Å². The van der Waals surface area contributed by atoms with E-state index in [-0.39, 0.29) is 0 Å². The highest BCUT2D eigenvalue weighted by molar-refractivity contribution is 7.17. The maximum absolute atomic E-state index is 2.94. The molecule has 66 valence electrons. The smallest absolute Gasteiger partial charge is 0.00643 e. The van der Waals surface area contributed by atoms with Gasteiger partial charge in [-0.3, -0.25) is 0 Å². The summed E-state index contributed by atoms with van der Waals surface area (Å²) in [6, 6.07) is 0.799. The Kier molecular flexibility index (Phi) is 3.81. The van der Waals surface area contributed by atoms with Crippen LogP contribution in [0.2, 0.25) is 0 Å². The van der Waals surface area contributed by atoms with Gasteiger partial charge in [-0.05, 0) is 44.9 Å². The summed E-state index contributed by atoms with van der Waals surface area (Å²) >= 11 is 0. The fourth-order valence-corrected chi connectivity index (χ4v) is 1.92. The molecule has 1 nitrogen and oxygen atoms in total. The Morgan fingerprint density at radius 2 is 2.00 bits per heavy atom. The van der Waals surface area contributed by atoms with E-state index in [1.165, 1.54) is 32.4 Å². The molecule has 2 heteroatoms. The lowest BCUT2D eigenvalue weighted by Gasteiger charge is -2.34. The number of rotatable bonds is 2. The third-order valence-electron chi connectivity index (χ3n) is 2.79. The van der Waals surface area contributed by atoms with Crippen molar-refractivity contribution in [2.75, 3.05) is 13.1 Å². The quantitative estimate of drug-likeness (QED) is 0.578. The molecule has 2 unspecified atom stereocenters. The summed E-state index contributed by atoms with van der Waals surface area (Å²) in [7, 11) is 2.94. The largest absolute Gasteiger partial charge is 0.301 e. The molecule has 0 saturated carbocycles. The second-order valence-corrected chi connectivity index (χ2v) is 4.57. The van der Waals surface area contributed by atoms with Crippen molar-refractivity contribution in [3.05, 3.63) is 0 Å². The summed E-state index contributed by atoms with van der Waals surface area (Å²) in [6.45, 7) is 7.23. The Morgan fingerprint density at radius 1 is 1.45 bits per heavy atom. The molecule has 0 amide bonds. The van der Waals surface area contributed by atoms with Crippen molar-refractivity contribution in [2.45, 2.75) is 44.8 Å². The van der Waals surface area contributed by atoms with Crippen molar-refractivity contribution in [2.24, 2.45) is 0 Å². The fourth-order valence-electron chi connectivity index (χ4n) is 1.62. The van der Waals surface area contributed by atoms with E-state index in [2.05, 4.69) is 28.0 Å². The van der Waals surface area contributed by atoms with E-state index in [1.54, 1.807) is 0 Å². The molecule has 1 saturated heterocycles. The maximum atomic E-state index is 2.94. The molecule has 2 atom stereocenters. The van der Waals surface area contributed by atoms with Crippen molar-refractivity contribution >= 4 is 9.24 Å². The van der Waals surface area contributed by atoms with Crippen LogP contribution in [0.3, 0.4) is 0 Å². The van der Waals surface area contributed by atoms with Gasteiger partial charge in [-0.15, -0.1) is 9.24 Å². The molecule has 11 heavy (non-hydrogen) atoms. The highest BCUT2D eigenvalue weighted by atomic mass is 31.0. The van der Waals surface area contributed by atoms with Crippen molar-refractivity contribution in [1.82, 2.24) is 4.90 Å². The average molecular weight is 173 g/mol. The first-order chi connectivity index (χ1) is 5.24. The van der Waals surface area contributed by atoms with Crippen LogP contribution < -0.4 is 0 Å². The highest BCUT2D eigenvalue weighted by Crippen LogP contribution is 2.19. The SMILES string of the molecule is CCC(C)N1CCC(P)CC1. The van der Waals surface area contributed by atoms with E-state index in [9.17, 15) is 0 Å². The molecular weight excluding hydrogens is 153 g/mol. The number of piperidine rings is 1. The van der Waals surface area contributed by atoms with Crippen LogP contribution in [0.1, 0.15) is 33.1 Å². The third kappa shape index (κ3) is 2.72. The van der Waals surface area contributed by atoms with Gasteiger partial charge >= 0.3 is 0 Å². The molecule has 1 heterocycles. The van der Waals surface area contributed by atoms with E-state index >= 15 is 0 Å². The summed E-state index contributed by atoms with van der Waals surface area (Å²) in [6.07, 6.45) is 4.03. The van der Waals surface area contributed by atoms with E-state index in [4.69, 9.17) is 0 Å². The van der Waals surface area contributed by atoms with Crippen LogP contribution in [0.4, 0.5) is 0 Å². The number of nitrogens with zero attached hydrogens (tertiary/aromatic N) is 1. The van der Waals surface area contributed by atoms with Crippen LogP contribution >= 0.6 is 9.24 Å². The molecule has 0 aliphatic carbocycles. The maximum Gasteiger partial charge on any atom is 0.00643 e. The minimum atomic E-state index is 0.799. The van der Waals surface area contributed by atoms with E-state index < -0.39 is 0 Å². The van der Waals surface area contributed by atoms with Gasteiger partial charge in [-0.1, -0.05) is 6.92 Å². The van der Waals surface area contributed by atoms with E-state index in [0.29, 0.717) is 0 Å². The molecule has 0 radical (unpaired) electrons. The number of hydrogen-bond donors (Lipinski definition) is 0. The molecular formula is C9H20NP. The predicted molar refractivity (Wildman–Crippen MR) is 54.1 cm³/mol. The molecule has 0 bridgehead atoms. The zero-order valence-electron chi connectivity index (χ0n) is 7.71.